The van der Waals surface area contributed by atoms with Crippen LogP contribution in [0.2, 0.25) is 5.02 Å². The molecule has 132 valence electrons. The number of nitrogen functional groups attached to an aromatic ring is 1. The van der Waals surface area contributed by atoms with E-state index in [0.29, 0.717) is 33.5 Å². The minimum atomic E-state index is -0.897. The van der Waals surface area contributed by atoms with Crippen LogP contribution in [0.4, 0.5) is 14.5 Å². The van der Waals surface area contributed by atoms with Gasteiger partial charge in [0.1, 0.15) is 11.6 Å². The highest BCUT2D eigenvalue weighted by Gasteiger charge is 2.30. The minimum Gasteiger partial charge on any atom is -0.508 e. The largest absolute Gasteiger partial charge is 0.508 e. The van der Waals surface area contributed by atoms with E-state index < -0.39 is 17.4 Å². The number of benzene rings is 2. The number of phenolic OH excluding ortho intramolecular Hbond substituents is 2. The minimum absolute atomic E-state index is 0.122. The Morgan fingerprint density at radius 1 is 1.08 bits per heavy atom. The molecule has 0 aliphatic heterocycles. The average Bonchev–Trinajstić information content (AvgIpc) is 3.15. The van der Waals surface area contributed by atoms with Crippen molar-refractivity contribution in [3.05, 3.63) is 75.7 Å². The number of hydrogen-bond acceptors (Lipinski definition) is 4. The predicted octanol–water partition coefficient (Wildman–Crippen LogP) is 4.72. The summed E-state index contributed by atoms with van der Waals surface area (Å²) in [6.07, 6.45) is 1.51. The number of furan rings is 1. The molecule has 26 heavy (non-hydrogen) atoms. The zero-order chi connectivity index (χ0) is 18.6. The molecule has 4 N–H and O–H groups in total. The molecule has 0 radical (unpaired) electrons. The van der Waals surface area contributed by atoms with Crippen molar-refractivity contribution in [3.8, 4) is 11.5 Å². The van der Waals surface area contributed by atoms with Gasteiger partial charge in [-0.15, -0.1) is 0 Å². The van der Waals surface area contributed by atoms with Gasteiger partial charge in [0.25, 0.3) is 0 Å². The van der Waals surface area contributed by atoms with Gasteiger partial charge in [-0.2, -0.15) is 0 Å². The summed E-state index contributed by atoms with van der Waals surface area (Å²) in [5.74, 6) is -2.11. The van der Waals surface area contributed by atoms with Crippen LogP contribution in [0, 0.1) is 11.6 Å². The molecule has 4 nitrogen and oxygen atoms in total. The van der Waals surface area contributed by atoms with Crippen molar-refractivity contribution in [1.82, 2.24) is 0 Å². The van der Waals surface area contributed by atoms with E-state index in [2.05, 4.69) is 0 Å². The van der Waals surface area contributed by atoms with Crippen LogP contribution in [0.1, 0.15) is 22.5 Å². The highest BCUT2D eigenvalue weighted by atomic mass is 35.5. The Labute approximate surface area is 151 Å². The molecule has 1 aromatic heterocycles. The highest BCUT2D eigenvalue weighted by molar-refractivity contribution is 6.32. The zero-order valence-electron chi connectivity index (χ0n) is 13.2. The maximum atomic E-state index is 14.4. The first-order valence-corrected chi connectivity index (χ1v) is 8.01. The Balaban J connectivity index is 2.03. The van der Waals surface area contributed by atoms with Gasteiger partial charge in [-0.05, 0) is 34.9 Å². The molecule has 7 heteroatoms. The maximum Gasteiger partial charge on any atom is 0.170 e. The number of anilines is 1. The third-order valence-electron chi connectivity index (χ3n) is 4.39. The second-order valence-electron chi connectivity index (χ2n) is 5.98. The molecular weight excluding hydrogens is 364 g/mol. The molecule has 0 bridgehead atoms. The molecule has 0 atom stereocenters. The van der Waals surface area contributed by atoms with Crippen LogP contribution in [0.25, 0.3) is 11.1 Å². The molecule has 1 heterocycles. The Bertz CT molecular complexity index is 1070. The van der Waals surface area contributed by atoms with Crippen molar-refractivity contribution < 1.29 is 23.4 Å². The summed E-state index contributed by atoms with van der Waals surface area (Å²) in [5, 5.41) is 19.2. The van der Waals surface area contributed by atoms with E-state index in [4.69, 9.17) is 21.8 Å². The normalized spacial score (nSPS) is 13.3. The van der Waals surface area contributed by atoms with Crippen molar-refractivity contribution in [2.24, 2.45) is 0 Å². The monoisotopic (exact) mass is 375 g/mol. The predicted molar refractivity (Wildman–Crippen MR) is 93.9 cm³/mol. The van der Waals surface area contributed by atoms with E-state index in [1.165, 1.54) is 18.4 Å². The Morgan fingerprint density at radius 3 is 2.50 bits per heavy atom. The standard InChI is InChI=1S/C19H12ClF2NO3/c20-13-3-8(4-15(22)18(13)25)10-7-11-12(5-9(24)6-14(11)21)17(10)19-16(23)1-2-26-19/h1-6,24-25H,7,23H2. The fourth-order valence-electron chi connectivity index (χ4n) is 3.22. The maximum absolute atomic E-state index is 14.4. The topological polar surface area (TPSA) is 79.6 Å². The lowest BCUT2D eigenvalue weighted by molar-refractivity contribution is 0.432. The molecule has 0 saturated heterocycles. The number of rotatable bonds is 2. The van der Waals surface area contributed by atoms with E-state index >= 15 is 0 Å². The molecule has 0 amide bonds. The third-order valence-corrected chi connectivity index (χ3v) is 4.68. The van der Waals surface area contributed by atoms with Crippen molar-refractivity contribution in [1.29, 1.82) is 0 Å². The van der Waals surface area contributed by atoms with Crippen LogP contribution < -0.4 is 5.73 Å². The molecule has 1 aliphatic carbocycles. The summed E-state index contributed by atoms with van der Waals surface area (Å²) < 4.78 is 33.8. The highest BCUT2D eigenvalue weighted by Crippen LogP contribution is 2.47. The van der Waals surface area contributed by atoms with Crippen molar-refractivity contribution in [2.45, 2.75) is 6.42 Å². The number of nitrogens with two attached hydrogens (primary N) is 1. The first-order chi connectivity index (χ1) is 12.4. The van der Waals surface area contributed by atoms with Crippen LogP contribution in [0.5, 0.6) is 11.5 Å². The number of aromatic hydroxyl groups is 2. The lowest BCUT2D eigenvalue weighted by Crippen LogP contribution is -1.93. The number of allylic oxidation sites excluding steroid dienone is 1. The first kappa shape index (κ1) is 16.5. The molecule has 1 aliphatic rings. The van der Waals surface area contributed by atoms with E-state index in [1.807, 2.05) is 0 Å². The Morgan fingerprint density at radius 2 is 1.85 bits per heavy atom. The first-order valence-electron chi connectivity index (χ1n) is 7.63. The fraction of sp³-hybridized carbons (Fsp3) is 0.0526. The summed E-state index contributed by atoms with van der Waals surface area (Å²) in [6, 6.07) is 6.45. The van der Waals surface area contributed by atoms with E-state index in [9.17, 15) is 19.0 Å². The van der Waals surface area contributed by atoms with E-state index in [0.717, 1.165) is 12.1 Å². The van der Waals surface area contributed by atoms with Gasteiger partial charge in [0.2, 0.25) is 0 Å². The summed E-state index contributed by atoms with van der Waals surface area (Å²) in [4.78, 5) is 0. The smallest absolute Gasteiger partial charge is 0.170 e. The quantitative estimate of drug-likeness (QED) is 0.605. The van der Waals surface area contributed by atoms with Gasteiger partial charge in [0.15, 0.2) is 17.3 Å². The van der Waals surface area contributed by atoms with Crippen LogP contribution >= 0.6 is 11.6 Å². The Kier molecular flexibility index (Phi) is 3.66. The number of fused-ring (bicyclic) bond motifs is 1. The molecule has 0 spiro atoms. The SMILES string of the molecule is Nc1ccoc1C1=C(c2cc(F)c(O)c(Cl)c2)Cc2c(F)cc(O)cc21. The van der Waals surface area contributed by atoms with Crippen LogP contribution in [0.3, 0.4) is 0 Å². The van der Waals surface area contributed by atoms with Crippen LogP contribution in [-0.4, -0.2) is 10.2 Å². The van der Waals surface area contributed by atoms with E-state index in [1.54, 1.807) is 6.07 Å². The fourth-order valence-corrected chi connectivity index (χ4v) is 3.43. The van der Waals surface area contributed by atoms with Gasteiger partial charge in [0.05, 0.1) is 17.0 Å². The molecular formula is C19H12ClF2NO3. The third kappa shape index (κ3) is 2.42. The van der Waals surface area contributed by atoms with Gasteiger partial charge in [-0.3, -0.25) is 0 Å². The molecule has 4 rings (SSSR count). The van der Waals surface area contributed by atoms with E-state index in [-0.39, 0.29) is 23.0 Å². The van der Waals surface area contributed by atoms with Crippen LogP contribution in [0.15, 0.2) is 41.0 Å². The molecule has 0 saturated carbocycles. The van der Waals surface area contributed by atoms with Crippen molar-refractivity contribution >= 4 is 28.4 Å². The summed E-state index contributed by atoms with van der Waals surface area (Å²) in [7, 11) is 0. The van der Waals surface area contributed by atoms with Gasteiger partial charge in [-0.25, -0.2) is 8.78 Å². The summed E-state index contributed by atoms with van der Waals surface area (Å²) in [6.45, 7) is 0. The summed E-state index contributed by atoms with van der Waals surface area (Å²) in [5.41, 5.74) is 8.32. The second-order valence-corrected chi connectivity index (χ2v) is 6.38. The second kappa shape index (κ2) is 5.78. The molecule has 0 unspecified atom stereocenters. The lowest BCUT2D eigenvalue weighted by atomic mass is 9.97. The van der Waals surface area contributed by atoms with Crippen LogP contribution in [-0.2, 0) is 6.42 Å². The lowest BCUT2D eigenvalue weighted by Gasteiger charge is -2.10. The number of hydrogen-bond donors (Lipinski definition) is 3. The molecule has 0 fully saturated rings. The van der Waals surface area contributed by atoms with Crippen molar-refractivity contribution in [2.75, 3.05) is 5.73 Å². The molecule has 3 aromatic rings. The van der Waals surface area contributed by atoms with Gasteiger partial charge >= 0.3 is 0 Å². The van der Waals surface area contributed by atoms with Crippen molar-refractivity contribution in [3.63, 3.8) is 0 Å². The van der Waals surface area contributed by atoms with Gasteiger partial charge in [-0.1, -0.05) is 11.6 Å². The number of halogens is 3. The molecule has 2 aromatic carbocycles. The average molecular weight is 376 g/mol. The summed E-state index contributed by atoms with van der Waals surface area (Å²) >= 11 is 5.89. The number of phenols is 2. The van der Waals surface area contributed by atoms with Gasteiger partial charge < -0.3 is 20.4 Å². The zero-order valence-corrected chi connectivity index (χ0v) is 13.9. The Hall–Kier alpha value is -2.99. The van der Waals surface area contributed by atoms with Gasteiger partial charge in [0, 0.05) is 29.7 Å².